The lowest BCUT2D eigenvalue weighted by Gasteiger charge is -2.15. The van der Waals surface area contributed by atoms with Gasteiger partial charge in [0.15, 0.2) is 0 Å². The fraction of sp³-hybridized carbons (Fsp3) is 0.267. The Hall–Kier alpha value is -2.61. The summed E-state index contributed by atoms with van der Waals surface area (Å²) in [7, 11) is 0. The van der Waals surface area contributed by atoms with Crippen molar-refractivity contribution in [2.45, 2.75) is 19.4 Å². The van der Waals surface area contributed by atoms with Gasteiger partial charge in [-0.1, -0.05) is 30.3 Å². The van der Waals surface area contributed by atoms with Gasteiger partial charge in [0, 0.05) is 18.7 Å². The molecule has 0 saturated heterocycles. The second-order valence-corrected chi connectivity index (χ2v) is 4.40. The molecule has 0 fully saturated rings. The molecular weight excluding hydrogens is 250 g/mol. The van der Waals surface area contributed by atoms with Gasteiger partial charge in [-0.05, 0) is 12.5 Å². The Morgan fingerprint density at radius 2 is 1.95 bits per heavy atom. The lowest BCUT2D eigenvalue weighted by atomic mass is 10.1. The summed E-state index contributed by atoms with van der Waals surface area (Å²) in [5, 5.41) is 14.9. The van der Waals surface area contributed by atoms with Crippen molar-refractivity contribution in [1.29, 1.82) is 5.26 Å². The predicted molar refractivity (Wildman–Crippen MR) is 79.2 cm³/mol. The highest BCUT2D eigenvalue weighted by Crippen LogP contribution is 2.18. The third-order valence-electron chi connectivity index (χ3n) is 2.87. The third kappa shape index (κ3) is 3.95. The largest absolute Gasteiger partial charge is 0.369 e. The topological polar surface area (TPSA) is 73.6 Å². The SMILES string of the molecule is CC(Nc1cc(NCCC#N)ncn1)c1ccccc1. The van der Waals surface area contributed by atoms with E-state index in [-0.39, 0.29) is 6.04 Å². The van der Waals surface area contributed by atoms with Crippen LogP contribution in [-0.2, 0) is 0 Å². The number of nitrogens with one attached hydrogen (secondary N) is 2. The van der Waals surface area contributed by atoms with E-state index in [4.69, 9.17) is 5.26 Å². The summed E-state index contributed by atoms with van der Waals surface area (Å²) >= 11 is 0. The highest BCUT2D eigenvalue weighted by atomic mass is 15.1. The number of nitriles is 1. The molecule has 2 N–H and O–H groups in total. The van der Waals surface area contributed by atoms with Gasteiger partial charge in [-0.3, -0.25) is 0 Å². The minimum Gasteiger partial charge on any atom is -0.369 e. The van der Waals surface area contributed by atoms with Gasteiger partial charge in [-0.2, -0.15) is 5.26 Å². The summed E-state index contributed by atoms with van der Waals surface area (Å²) in [5.74, 6) is 1.48. The zero-order valence-electron chi connectivity index (χ0n) is 11.4. The van der Waals surface area contributed by atoms with Gasteiger partial charge in [0.2, 0.25) is 0 Å². The van der Waals surface area contributed by atoms with Gasteiger partial charge >= 0.3 is 0 Å². The minimum absolute atomic E-state index is 0.165. The highest BCUT2D eigenvalue weighted by Gasteiger charge is 2.06. The molecule has 0 radical (unpaired) electrons. The molecule has 0 bridgehead atoms. The van der Waals surface area contributed by atoms with E-state index in [0.717, 1.165) is 11.6 Å². The smallest absolute Gasteiger partial charge is 0.131 e. The van der Waals surface area contributed by atoms with Crippen LogP contribution in [0.3, 0.4) is 0 Å². The van der Waals surface area contributed by atoms with Crippen LogP contribution in [0, 0.1) is 11.3 Å². The second kappa shape index (κ2) is 7.10. The maximum absolute atomic E-state index is 8.51. The van der Waals surface area contributed by atoms with Gasteiger partial charge < -0.3 is 10.6 Å². The van der Waals surface area contributed by atoms with Crippen LogP contribution in [0.4, 0.5) is 11.6 Å². The molecule has 2 rings (SSSR count). The molecule has 1 heterocycles. The van der Waals surface area contributed by atoms with Crippen molar-refractivity contribution >= 4 is 11.6 Å². The third-order valence-corrected chi connectivity index (χ3v) is 2.87. The molecule has 2 aromatic rings. The minimum atomic E-state index is 0.165. The molecule has 0 aliphatic carbocycles. The lowest BCUT2D eigenvalue weighted by molar-refractivity contribution is 0.871. The normalized spacial score (nSPS) is 11.4. The molecule has 1 aromatic heterocycles. The lowest BCUT2D eigenvalue weighted by Crippen LogP contribution is -2.09. The molecule has 0 aliphatic heterocycles. The van der Waals surface area contributed by atoms with Crippen molar-refractivity contribution < 1.29 is 0 Å². The molecule has 0 aliphatic rings. The van der Waals surface area contributed by atoms with E-state index in [0.29, 0.717) is 13.0 Å². The summed E-state index contributed by atoms with van der Waals surface area (Å²) in [6, 6.07) is 14.3. The van der Waals surface area contributed by atoms with Crippen LogP contribution in [0.25, 0.3) is 0 Å². The number of rotatable bonds is 6. The van der Waals surface area contributed by atoms with Crippen molar-refractivity contribution in [2.24, 2.45) is 0 Å². The Morgan fingerprint density at radius 3 is 2.70 bits per heavy atom. The Labute approximate surface area is 118 Å². The zero-order chi connectivity index (χ0) is 14.2. The Kier molecular flexibility index (Phi) is 4.90. The van der Waals surface area contributed by atoms with Crippen LogP contribution in [0.15, 0.2) is 42.7 Å². The average Bonchev–Trinajstić information content (AvgIpc) is 2.49. The molecule has 1 atom stereocenters. The number of aromatic nitrogens is 2. The molecule has 20 heavy (non-hydrogen) atoms. The zero-order valence-corrected chi connectivity index (χ0v) is 11.4. The van der Waals surface area contributed by atoms with Crippen LogP contribution in [0.2, 0.25) is 0 Å². The van der Waals surface area contributed by atoms with E-state index in [1.54, 1.807) is 0 Å². The first-order valence-electron chi connectivity index (χ1n) is 6.54. The Bertz CT molecular complexity index is 576. The number of hydrogen-bond donors (Lipinski definition) is 2. The van der Waals surface area contributed by atoms with E-state index in [9.17, 15) is 0 Å². The van der Waals surface area contributed by atoms with Gasteiger partial charge in [-0.25, -0.2) is 9.97 Å². The molecule has 0 saturated carbocycles. The van der Waals surface area contributed by atoms with Crippen molar-refractivity contribution in [3.8, 4) is 6.07 Å². The second-order valence-electron chi connectivity index (χ2n) is 4.40. The predicted octanol–water partition coefficient (Wildman–Crippen LogP) is 2.98. The maximum atomic E-state index is 8.51. The van der Waals surface area contributed by atoms with E-state index >= 15 is 0 Å². The van der Waals surface area contributed by atoms with E-state index in [1.807, 2.05) is 24.3 Å². The first-order chi connectivity index (χ1) is 9.79. The molecular formula is C15H17N5. The summed E-state index contributed by atoms with van der Waals surface area (Å²) in [5.41, 5.74) is 1.20. The van der Waals surface area contributed by atoms with E-state index < -0.39 is 0 Å². The fourth-order valence-electron chi connectivity index (χ4n) is 1.83. The van der Waals surface area contributed by atoms with Crippen molar-refractivity contribution in [3.63, 3.8) is 0 Å². The number of hydrogen-bond acceptors (Lipinski definition) is 5. The maximum Gasteiger partial charge on any atom is 0.131 e. The van der Waals surface area contributed by atoms with Crippen molar-refractivity contribution in [3.05, 3.63) is 48.3 Å². The highest BCUT2D eigenvalue weighted by molar-refractivity contribution is 5.47. The van der Waals surface area contributed by atoms with Crippen LogP contribution in [0.1, 0.15) is 24.9 Å². The van der Waals surface area contributed by atoms with Crippen LogP contribution in [-0.4, -0.2) is 16.5 Å². The Morgan fingerprint density at radius 1 is 1.20 bits per heavy atom. The molecule has 1 unspecified atom stereocenters. The van der Waals surface area contributed by atoms with Gasteiger partial charge in [0.25, 0.3) is 0 Å². The molecule has 1 aromatic carbocycles. The quantitative estimate of drug-likeness (QED) is 0.787. The number of nitrogens with zero attached hydrogens (tertiary/aromatic N) is 3. The van der Waals surface area contributed by atoms with Crippen molar-refractivity contribution in [2.75, 3.05) is 17.2 Å². The van der Waals surface area contributed by atoms with Crippen LogP contribution in [0.5, 0.6) is 0 Å². The summed E-state index contributed by atoms with van der Waals surface area (Å²) in [6.07, 6.45) is 1.96. The fourth-order valence-corrected chi connectivity index (χ4v) is 1.83. The first-order valence-corrected chi connectivity index (χ1v) is 6.54. The molecule has 5 heteroatoms. The average molecular weight is 267 g/mol. The summed E-state index contributed by atoms with van der Waals surface area (Å²) < 4.78 is 0. The first kappa shape index (κ1) is 13.8. The van der Waals surface area contributed by atoms with E-state index in [1.165, 1.54) is 11.9 Å². The van der Waals surface area contributed by atoms with E-state index in [2.05, 4.69) is 45.7 Å². The number of benzene rings is 1. The molecule has 0 amide bonds. The Balaban J connectivity index is 1.99. The van der Waals surface area contributed by atoms with Gasteiger partial charge in [-0.15, -0.1) is 0 Å². The van der Waals surface area contributed by atoms with Crippen molar-refractivity contribution in [1.82, 2.24) is 9.97 Å². The molecule has 5 nitrogen and oxygen atoms in total. The monoisotopic (exact) mass is 267 g/mol. The van der Waals surface area contributed by atoms with Gasteiger partial charge in [0.05, 0.1) is 12.5 Å². The number of anilines is 2. The van der Waals surface area contributed by atoms with Crippen LogP contribution < -0.4 is 10.6 Å². The van der Waals surface area contributed by atoms with Crippen LogP contribution >= 0.6 is 0 Å². The summed E-state index contributed by atoms with van der Waals surface area (Å²) in [6.45, 7) is 2.67. The standard InChI is InChI=1S/C15H17N5/c1-12(13-6-3-2-4-7-13)20-15-10-14(18-11-19-15)17-9-5-8-16/h2-4,6-7,10-12H,5,9H2,1H3,(H2,17,18,19,20). The molecule has 102 valence electrons. The molecule has 0 spiro atoms. The summed E-state index contributed by atoms with van der Waals surface area (Å²) in [4.78, 5) is 8.33. The van der Waals surface area contributed by atoms with Gasteiger partial charge in [0.1, 0.15) is 18.0 Å².